The standard InChI is InChI=1S/C4H4N2O2.C4H3NO3/c7-4(8)3-1-5-2-6-3;6-4(7)3-1-8-2-5-3/h1-2H,(H,5,6)(H,7,8);1-2H,(H,6,7). The number of hydrogen-bond acceptors (Lipinski definition) is 5. The van der Waals surface area contributed by atoms with Gasteiger partial charge in [-0.1, -0.05) is 0 Å². The number of nitrogens with one attached hydrogen (secondary N) is 1. The molecule has 0 saturated heterocycles. The molecular weight excluding hydrogens is 218 g/mol. The molecule has 84 valence electrons. The normalized spacial score (nSPS) is 9.00. The second-order valence-electron chi connectivity index (χ2n) is 2.45. The van der Waals surface area contributed by atoms with E-state index >= 15 is 0 Å². The molecule has 0 aliphatic heterocycles. The van der Waals surface area contributed by atoms with Crippen LogP contribution in [0.5, 0.6) is 0 Å². The van der Waals surface area contributed by atoms with Crippen molar-refractivity contribution in [1.29, 1.82) is 0 Å². The van der Waals surface area contributed by atoms with Crippen molar-refractivity contribution in [1.82, 2.24) is 15.0 Å². The summed E-state index contributed by atoms with van der Waals surface area (Å²) in [5.74, 6) is -2.05. The molecule has 16 heavy (non-hydrogen) atoms. The van der Waals surface area contributed by atoms with E-state index in [-0.39, 0.29) is 11.4 Å². The number of aromatic carboxylic acids is 2. The first-order valence-electron chi connectivity index (χ1n) is 3.94. The van der Waals surface area contributed by atoms with E-state index in [0.717, 1.165) is 12.7 Å². The monoisotopic (exact) mass is 225 g/mol. The van der Waals surface area contributed by atoms with Gasteiger partial charge in [-0.2, -0.15) is 0 Å². The molecule has 0 atom stereocenters. The van der Waals surface area contributed by atoms with E-state index in [0.29, 0.717) is 0 Å². The van der Waals surface area contributed by atoms with Crippen LogP contribution in [-0.4, -0.2) is 37.1 Å². The van der Waals surface area contributed by atoms with Gasteiger partial charge in [0.2, 0.25) is 0 Å². The predicted molar refractivity (Wildman–Crippen MR) is 49.0 cm³/mol. The Bertz CT molecular complexity index is 404. The van der Waals surface area contributed by atoms with Crippen LogP contribution < -0.4 is 0 Å². The van der Waals surface area contributed by atoms with Gasteiger partial charge in [0.1, 0.15) is 12.0 Å². The van der Waals surface area contributed by atoms with Crippen LogP contribution in [0, 0.1) is 0 Å². The first-order chi connectivity index (χ1) is 7.61. The lowest BCUT2D eigenvalue weighted by Crippen LogP contribution is -1.94. The molecule has 2 heterocycles. The number of aromatic nitrogens is 3. The summed E-state index contributed by atoms with van der Waals surface area (Å²) in [5, 5.41) is 16.4. The molecule has 0 fully saturated rings. The quantitative estimate of drug-likeness (QED) is 0.677. The maximum absolute atomic E-state index is 9.99. The van der Waals surface area contributed by atoms with Crippen molar-refractivity contribution in [2.45, 2.75) is 0 Å². The van der Waals surface area contributed by atoms with Crippen LogP contribution in [0.4, 0.5) is 0 Å². The van der Waals surface area contributed by atoms with E-state index in [1.54, 1.807) is 0 Å². The number of nitrogens with zero attached hydrogens (tertiary/aromatic N) is 2. The summed E-state index contributed by atoms with van der Waals surface area (Å²) in [6, 6.07) is 0. The summed E-state index contributed by atoms with van der Waals surface area (Å²) in [6.45, 7) is 0. The molecule has 3 N–H and O–H groups in total. The molecule has 0 spiro atoms. The van der Waals surface area contributed by atoms with Crippen molar-refractivity contribution in [3.8, 4) is 0 Å². The largest absolute Gasteiger partial charge is 0.477 e. The van der Waals surface area contributed by atoms with Crippen LogP contribution in [0.1, 0.15) is 21.0 Å². The van der Waals surface area contributed by atoms with Gasteiger partial charge < -0.3 is 19.6 Å². The lowest BCUT2D eigenvalue weighted by molar-refractivity contribution is 0.0680. The summed E-state index contributed by atoms with van der Waals surface area (Å²) in [4.78, 5) is 29.2. The van der Waals surface area contributed by atoms with E-state index < -0.39 is 11.9 Å². The van der Waals surface area contributed by atoms with Crippen LogP contribution in [0.25, 0.3) is 0 Å². The highest BCUT2D eigenvalue weighted by Gasteiger charge is 2.02. The zero-order valence-corrected chi connectivity index (χ0v) is 7.82. The molecule has 8 heteroatoms. The molecule has 8 nitrogen and oxygen atoms in total. The molecule has 0 saturated carbocycles. The Hall–Kier alpha value is -2.64. The minimum Gasteiger partial charge on any atom is -0.477 e. The van der Waals surface area contributed by atoms with E-state index in [2.05, 4.69) is 19.4 Å². The van der Waals surface area contributed by atoms with Gasteiger partial charge in [-0.3, -0.25) is 0 Å². The molecule has 0 aromatic carbocycles. The number of carboxylic acid groups (broad SMARTS) is 2. The number of hydrogen-bond donors (Lipinski definition) is 3. The van der Waals surface area contributed by atoms with E-state index in [1.165, 1.54) is 12.5 Å². The first kappa shape index (κ1) is 11.4. The molecule has 0 unspecified atom stereocenters. The number of aromatic amines is 1. The zero-order chi connectivity index (χ0) is 12.0. The van der Waals surface area contributed by atoms with Crippen molar-refractivity contribution in [2.24, 2.45) is 0 Å². The molecule has 0 amide bonds. The fraction of sp³-hybridized carbons (Fsp3) is 0. The number of H-pyrrole nitrogens is 1. The average Bonchev–Trinajstić information content (AvgIpc) is 2.93. The number of imidazole rings is 1. The van der Waals surface area contributed by atoms with Gasteiger partial charge in [-0.05, 0) is 0 Å². The molecule has 0 bridgehead atoms. The molecule has 2 rings (SSSR count). The van der Waals surface area contributed by atoms with E-state index in [1.807, 2.05) is 0 Å². The lowest BCUT2D eigenvalue weighted by Gasteiger charge is -1.79. The number of rotatable bonds is 2. The van der Waals surface area contributed by atoms with Gasteiger partial charge in [-0.15, -0.1) is 0 Å². The Balaban J connectivity index is 0.000000160. The third kappa shape index (κ3) is 3.25. The summed E-state index contributed by atoms with van der Waals surface area (Å²) in [7, 11) is 0. The summed E-state index contributed by atoms with van der Waals surface area (Å²) < 4.78 is 4.38. The Labute approximate surface area is 88.6 Å². The predicted octanol–water partition coefficient (Wildman–Crippen LogP) is 0.481. The van der Waals surface area contributed by atoms with Gasteiger partial charge in [0.05, 0.1) is 12.5 Å². The molecule has 2 aromatic rings. The van der Waals surface area contributed by atoms with E-state index in [4.69, 9.17) is 10.2 Å². The number of carbonyl (C=O) groups is 2. The Morgan fingerprint density at radius 1 is 1.31 bits per heavy atom. The van der Waals surface area contributed by atoms with Crippen molar-refractivity contribution in [3.63, 3.8) is 0 Å². The second-order valence-corrected chi connectivity index (χ2v) is 2.45. The third-order valence-electron chi connectivity index (χ3n) is 1.38. The van der Waals surface area contributed by atoms with Crippen LogP contribution >= 0.6 is 0 Å². The SMILES string of the molecule is O=C(O)c1cnc[nH]1.O=C(O)c1cocn1. The van der Waals surface area contributed by atoms with Gasteiger partial charge in [0.25, 0.3) is 0 Å². The summed E-state index contributed by atoms with van der Waals surface area (Å²) in [6.07, 6.45) is 4.72. The summed E-state index contributed by atoms with van der Waals surface area (Å²) >= 11 is 0. The Kier molecular flexibility index (Phi) is 3.78. The van der Waals surface area contributed by atoms with Gasteiger partial charge >= 0.3 is 11.9 Å². The van der Waals surface area contributed by atoms with Crippen LogP contribution in [-0.2, 0) is 0 Å². The lowest BCUT2D eigenvalue weighted by atomic mass is 10.5. The zero-order valence-electron chi connectivity index (χ0n) is 7.82. The van der Waals surface area contributed by atoms with Crippen LogP contribution in [0.2, 0.25) is 0 Å². The van der Waals surface area contributed by atoms with Crippen LogP contribution in [0.15, 0.2) is 29.6 Å². The summed E-state index contributed by atoms with van der Waals surface area (Å²) in [5.41, 5.74) is 0.0509. The maximum atomic E-state index is 9.99. The molecule has 2 aromatic heterocycles. The first-order valence-corrected chi connectivity index (χ1v) is 3.94. The van der Waals surface area contributed by atoms with Crippen LogP contribution in [0.3, 0.4) is 0 Å². The highest BCUT2D eigenvalue weighted by Crippen LogP contribution is 1.91. The number of carboxylic acids is 2. The van der Waals surface area contributed by atoms with Gasteiger partial charge in [0.15, 0.2) is 12.1 Å². The van der Waals surface area contributed by atoms with Crippen molar-refractivity contribution in [2.75, 3.05) is 0 Å². The molecule has 0 aliphatic rings. The van der Waals surface area contributed by atoms with Crippen molar-refractivity contribution in [3.05, 3.63) is 36.6 Å². The topological polar surface area (TPSA) is 129 Å². The van der Waals surface area contributed by atoms with Gasteiger partial charge in [0, 0.05) is 0 Å². The molecule has 0 aliphatic carbocycles. The fourth-order valence-corrected chi connectivity index (χ4v) is 0.691. The minimum atomic E-state index is -1.07. The molecular formula is C8H7N3O5. The average molecular weight is 225 g/mol. The smallest absolute Gasteiger partial charge is 0.357 e. The van der Waals surface area contributed by atoms with Crippen molar-refractivity contribution < 1.29 is 24.2 Å². The third-order valence-corrected chi connectivity index (χ3v) is 1.38. The fourth-order valence-electron chi connectivity index (χ4n) is 0.691. The molecule has 0 radical (unpaired) electrons. The minimum absolute atomic E-state index is 0.0648. The Morgan fingerprint density at radius 3 is 2.31 bits per heavy atom. The second kappa shape index (κ2) is 5.29. The van der Waals surface area contributed by atoms with E-state index in [9.17, 15) is 9.59 Å². The van der Waals surface area contributed by atoms with Crippen molar-refractivity contribution >= 4 is 11.9 Å². The Morgan fingerprint density at radius 2 is 2.06 bits per heavy atom. The highest BCUT2D eigenvalue weighted by molar-refractivity contribution is 5.85. The number of oxazole rings is 1. The highest BCUT2D eigenvalue weighted by atomic mass is 16.4. The van der Waals surface area contributed by atoms with Gasteiger partial charge in [-0.25, -0.2) is 19.6 Å². The maximum Gasteiger partial charge on any atom is 0.357 e.